The summed E-state index contributed by atoms with van der Waals surface area (Å²) < 4.78 is 0. The summed E-state index contributed by atoms with van der Waals surface area (Å²) in [5.74, 6) is 1.23. The molecule has 1 aromatic rings. The lowest BCUT2D eigenvalue weighted by Crippen LogP contribution is -2.57. The normalized spacial score (nSPS) is 19.4. The Kier molecular flexibility index (Phi) is 8.10. The Morgan fingerprint density at radius 2 is 1.67 bits per heavy atom. The van der Waals surface area contributed by atoms with Gasteiger partial charge in [-0.3, -0.25) is 14.7 Å². The van der Waals surface area contributed by atoms with Gasteiger partial charge in [0.1, 0.15) is 0 Å². The first-order chi connectivity index (χ1) is 14.5. The van der Waals surface area contributed by atoms with E-state index in [1.807, 2.05) is 11.9 Å². The smallest absolute Gasteiger partial charge is 0.239 e. The number of nitrogens with one attached hydrogen (secondary N) is 1. The number of carbonyl (C=O) groups is 1. The molecule has 1 atom stereocenters. The van der Waals surface area contributed by atoms with Crippen molar-refractivity contribution in [1.29, 1.82) is 0 Å². The molecular weight excluding hydrogens is 376 g/mol. The molecular formula is C23H38N6O. The van der Waals surface area contributed by atoms with Crippen LogP contribution in [0, 0.1) is 0 Å². The van der Waals surface area contributed by atoms with Crippen LogP contribution in [-0.2, 0) is 17.9 Å². The molecule has 2 saturated heterocycles. The van der Waals surface area contributed by atoms with Gasteiger partial charge >= 0.3 is 0 Å². The van der Waals surface area contributed by atoms with Gasteiger partial charge in [0, 0.05) is 59.4 Å². The molecule has 0 saturated carbocycles. The quantitative estimate of drug-likeness (QED) is 0.564. The van der Waals surface area contributed by atoms with E-state index in [0.29, 0.717) is 5.91 Å². The van der Waals surface area contributed by atoms with Crippen LogP contribution in [0.5, 0.6) is 0 Å². The number of carbonyl (C=O) groups excluding carboxylic acids is 1. The van der Waals surface area contributed by atoms with Crippen LogP contribution in [0.4, 0.5) is 0 Å². The summed E-state index contributed by atoms with van der Waals surface area (Å²) in [6, 6.07) is 8.54. The highest BCUT2D eigenvalue weighted by Crippen LogP contribution is 2.15. The minimum atomic E-state index is -0.0295. The van der Waals surface area contributed by atoms with E-state index < -0.39 is 0 Å². The number of aliphatic imine (C=N–C) groups is 1. The Labute approximate surface area is 181 Å². The molecule has 166 valence electrons. The first-order valence-electron chi connectivity index (χ1n) is 11.2. The van der Waals surface area contributed by atoms with Crippen molar-refractivity contribution in [2.45, 2.75) is 38.9 Å². The number of guanidine groups is 1. The van der Waals surface area contributed by atoms with Gasteiger partial charge in [-0.25, -0.2) is 0 Å². The summed E-state index contributed by atoms with van der Waals surface area (Å²) in [7, 11) is 6.04. The zero-order valence-electron chi connectivity index (χ0n) is 19.1. The van der Waals surface area contributed by atoms with Crippen molar-refractivity contribution in [3.8, 4) is 0 Å². The highest BCUT2D eigenvalue weighted by Gasteiger charge is 2.30. The van der Waals surface area contributed by atoms with Crippen LogP contribution in [0.3, 0.4) is 0 Å². The minimum Gasteiger partial charge on any atom is -0.352 e. The highest BCUT2D eigenvalue weighted by molar-refractivity contribution is 5.82. The summed E-state index contributed by atoms with van der Waals surface area (Å²) in [4.78, 5) is 26.1. The van der Waals surface area contributed by atoms with Crippen molar-refractivity contribution in [2.24, 2.45) is 4.99 Å². The predicted molar refractivity (Wildman–Crippen MR) is 122 cm³/mol. The SMILES string of the molecule is CN=C(NCc1ccccc1CN(C)C)N1CCN(C(C)C(=O)N2CCCC2)CC1. The Morgan fingerprint density at radius 3 is 2.27 bits per heavy atom. The summed E-state index contributed by atoms with van der Waals surface area (Å²) in [5.41, 5.74) is 2.64. The van der Waals surface area contributed by atoms with Gasteiger partial charge in [0.2, 0.25) is 5.91 Å². The lowest BCUT2D eigenvalue weighted by molar-refractivity contribution is -0.135. The molecule has 0 aromatic heterocycles. The third kappa shape index (κ3) is 5.73. The number of hydrogen-bond acceptors (Lipinski definition) is 4. The summed E-state index contributed by atoms with van der Waals surface area (Å²) >= 11 is 0. The molecule has 1 amide bonds. The maximum Gasteiger partial charge on any atom is 0.239 e. The number of amides is 1. The maximum atomic E-state index is 12.7. The Hall–Kier alpha value is -2.12. The monoisotopic (exact) mass is 414 g/mol. The van der Waals surface area contributed by atoms with Gasteiger partial charge in [0.05, 0.1) is 6.04 Å². The van der Waals surface area contributed by atoms with E-state index in [4.69, 9.17) is 0 Å². The van der Waals surface area contributed by atoms with Crippen molar-refractivity contribution in [3.63, 3.8) is 0 Å². The molecule has 2 aliphatic heterocycles. The Balaban J connectivity index is 1.51. The molecule has 0 spiro atoms. The van der Waals surface area contributed by atoms with E-state index in [1.54, 1.807) is 0 Å². The molecule has 0 bridgehead atoms. The fourth-order valence-corrected chi connectivity index (χ4v) is 4.41. The van der Waals surface area contributed by atoms with Gasteiger partial charge in [0.25, 0.3) is 0 Å². The third-order valence-corrected chi connectivity index (χ3v) is 6.19. The molecule has 0 radical (unpaired) electrons. The van der Waals surface area contributed by atoms with Gasteiger partial charge in [-0.2, -0.15) is 0 Å². The first kappa shape index (κ1) is 22.6. The maximum absolute atomic E-state index is 12.7. The number of benzene rings is 1. The molecule has 1 unspecified atom stereocenters. The molecule has 1 N–H and O–H groups in total. The van der Waals surface area contributed by atoms with Crippen molar-refractivity contribution >= 4 is 11.9 Å². The largest absolute Gasteiger partial charge is 0.352 e. The average molecular weight is 415 g/mol. The van der Waals surface area contributed by atoms with E-state index >= 15 is 0 Å². The van der Waals surface area contributed by atoms with E-state index in [9.17, 15) is 4.79 Å². The van der Waals surface area contributed by atoms with Crippen LogP contribution in [0.25, 0.3) is 0 Å². The van der Waals surface area contributed by atoms with E-state index in [0.717, 1.165) is 71.2 Å². The Morgan fingerprint density at radius 1 is 1.03 bits per heavy atom. The number of likely N-dealkylation sites (tertiary alicyclic amines) is 1. The second-order valence-electron chi connectivity index (χ2n) is 8.64. The van der Waals surface area contributed by atoms with Crippen molar-refractivity contribution in [1.82, 2.24) is 24.9 Å². The lowest BCUT2D eigenvalue weighted by atomic mass is 10.1. The van der Waals surface area contributed by atoms with Crippen LogP contribution >= 0.6 is 0 Å². The first-order valence-corrected chi connectivity index (χ1v) is 11.2. The molecule has 3 rings (SSSR count). The van der Waals surface area contributed by atoms with E-state index in [2.05, 4.69) is 70.3 Å². The highest BCUT2D eigenvalue weighted by atomic mass is 16.2. The molecule has 0 aliphatic carbocycles. The van der Waals surface area contributed by atoms with Gasteiger partial charge in [0.15, 0.2) is 5.96 Å². The van der Waals surface area contributed by atoms with Crippen molar-refractivity contribution in [2.75, 3.05) is 60.4 Å². The predicted octanol–water partition coefficient (Wildman–Crippen LogP) is 1.45. The number of nitrogens with zero attached hydrogens (tertiary/aromatic N) is 5. The fourth-order valence-electron chi connectivity index (χ4n) is 4.41. The minimum absolute atomic E-state index is 0.0295. The standard InChI is InChI=1S/C23H38N6O/c1-19(22(30)28-11-7-8-12-28)27-13-15-29(16-14-27)23(24-2)25-17-20-9-5-6-10-21(20)18-26(3)4/h5-6,9-10,19H,7-8,11-18H2,1-4H3,(H,24,25). The molecule has 7 heteroatoms. The van der Waals surface area contributed by atoms with E-state index in [-0.39, 0.29) is 6.04 Å². The van der Waals surface area contributed by atoms with Gasteiger partial charge in [-0.15, -0.1) is 0 Å². The zero-order chi connectivity index (χ0) is 21.5. The molecule has 7 nitrogen and oxygen atoms in total. The van der Waals surface area contributed by atoms with Crippen LogP contribution in [0.1, 0.15) is 30.9 Å². The summed E-state index contributed by atoms with van der Waals surface area (Å²) in [6.07, 6.45) is 2.29. The number of hydrogen-bond donors (Lipinski definition) is 1. The second-order valence-corrected chi connectivity index (χ2v) is 8.64. The average Bonchev–Trinajstić information content (AvgIpc) is 3.29. The van der Waals surface area contributed by atoms with Gasteiger partial charge in [-0.1, -0.05) is 24.3 Å². The van der Waals surface area contributed by atoms with Crippen molar-refractivity contribution < 1.29 is 4.79 Å². The van der Waals surface area contributed by atoms with E-state index in [1.165, 1.54) is 11.1 Å². The molecule has 2 aliphatic rings. The van der Waals surface area contributed by atoms with Crippen LogP contribution in [0.15, 0.2) is 29.3 Å². The number of rotatable bonds is 6. The zero-order valence-corrected chi connectivity index (χ0v) is 19.1. The van der Waals surface area contributed by atoms with Crippen LogP contribution < -0.4 is 5.32 Å². The second kappa shape index (κ2) is 10.8. The molecule has 1 aromatic carbocycles. The Bertz CT molecular complexity index is 720. The third-order valence-electron chi connectivity index (χ3n) is 6.19. The lowest BCUT2D eigenvalue weighted by Gasteiger charge is -2.39. The van der Waals surface area contributed by atoms with Crippen LogP contribution in [0.2, 0.25) is 0 Å². The van der Waals surface area contributed by atoms with Gasteiger partial charge < -0.3 is 20.0 Å². The van der Waals surface area contributed by atoms with Crippen LogP contribution in [-0.4, -0.2) is 97.9 Å². The molecule has 30 heavy (non-hydrogen) atoms. The molecule has 2 heterocycles. The summed E-state index contributed by atoms with van der Waals surface area (Å²) in [5, 5.41) is 3.54. The topological polar surface area (TPSA) is 54.4 Å². The molecule has 2 fully saturated rings. The van der Waals surface area contributed by atoms with Gasteiger partial charge in [-0.05, 0) is 45.0 Å². The number of piperazine rings is 1. The van der Waals surface area contributed by atoms with Crippen molar-refractivity contribution in [3.05, 3.63) is 35.4 Å². The fraction of sp³-hybridized carbons (Fsp3) is 0.652. The summed E-state index contributed by atoms with van der Waals surface area (Å²) in [6.45, 7) is 9.15.